The molecule has 1 aromatic carbocycles. The molecule has 0 spiro atoms. The lowest BCUT2D eigenvalue weighted by molar-refractivity contribution is 0.141. The first-order valence-electron chi connectivity index (χ1n) is 5.71. The summed E-state index contributed by atoms with van der Waals surface area (Å²) in [6, 6.07) is 5.84. The van der Waals surface area contributed by atoms with Crippen molar-refractivity contribution in [1.82, 2.24) is 5.32 Å². The van der Waals surface area contributed by atoms with Crippen LogP contribution in [-0.4, -0.2) is 24.7 Å². The average molecular weight is 222 g/mol. The van der Waals surface area contributed by atoms with Gasteiger partial charge in [-0.05, 0) is 45.0 Å². The lowest BCUT2D eigenvalue weighted by Gasteiger charge is -2.21. The van der Waals surface area contributed by atoms with E-state index < -0.39 is 6.10 Å². The van der Waals surface area contributed by atoms with E-state index in [1.54, 1.807) is 0 Å². The molecule has 0 radical (unpaired) electrons. The summed E-state index contributed by atoms with van der Waals surface area (Å²) in [5.41, 5.74) is 9.20. The van der Waals surface area contributed by atoms with Gasteiger partial charge in [0, 0.05) is 6.04 Å². The predicted molar refractivity (Wildman–Crippen MR) is 67.4 cm³/mol. The summed E-state index contributed by atoms with van der Waals surface area (Å²) < 4.78 is 0. The molecule has 3 heteroatoms. The van der Waals surface area contributed by atoms with E-state index >= 15 is 0 Å². The molecule has 0 amide bonds. The zero-order valence-electron chi connectivity index (χ0n) is 10.3. The van der Waals surface area contributed by atoms with E-state index in [1.165, 1.54) is 5.56 Å². The van der Waals surface area contributed by atoms with E-state index in [4.69, 9.17) is 5.73 Å². The second-order valence-corrected chi connectivity index (χ2v) is 4.36. The van der Waals surface area contributed by atoms with E-state index in [2.05, 4.69) is 11.4 Å². The quantitative estimate of drug-likeness (QED) is 0.703. The van der Waals surface area contributed by atoms with Crippen molar-refractivity contribution in [2.24, 2.45) is 5.73 Å². The SMILES string of the molecule is CNCCC(N)C(O)c1ccc(C)cc1C. The van der Waals surface area contributed by atoms with Crippen molar-refractivity contribution in [3.8, 4) is 0 Å². The van der Waals surface area contributed by atoms with Gasteiger partial charge in [0.25, 0.3) is 0 Å². The van der Waals surface area contributed by atoms with E-state index in [1.807, 2.05) is 33.0 Å². The highest BCUT2D eigenvalue weighted by Crippen LogP contribution is 2.22. The third-order valence-corrected chi connectivity index (χ3v) is 2.88. The summed E-state index contributed by atoms with van der Waals surface area (Å²) in [5, 5.41) is 13.2. The highest BCUT2D eigenvalue weighted by Gasteiger charge is 2.17. The molecule has 0 aromatic heterocycles. The minimum Gasteiger partial charge on any atom is -0.387 e. The Bertz CT molecular complexity index is 339. The van der Waals surface area contributed by atoms with Gasteiger partial charge in [0.1, 0.15) is 0 Å². The smallest absolute Gasteiger partial charge is 0.0943 e. The molecule has 3 nitrogen and oxygen atoms in total. The Balaban J connectivity index is 2.75. The highest BCUT2D eigenvalue weighted by atomic mass is 16.3. The second-order valence-electron chi connectivity index (χ2n) is 4.36. The standard InChI is InChI=1S/C13H22N2O/c1-9-4-5-11(10(2)8-9)13(16)12(14)6-7-15-3/h4-5,8,12-13,15-16H,6-7,14H2,1-3H3. The van der Waals surface area contributed by atoms with Crippen LogP contribution < -0.4 is 11.1 Å². The Morgan fingerprint density at radius 1 is 1.38 bits per heavy atom. The van der Waals surface area contributed by atoms with Crippen molar-refractivity contribution in [3.05, 3.63) is 34.9 Å². The first-order valence-corrected chi connectivity index (χ1v) is 5.71. The molecule has 0 heterocycles. The van der Waals surface area contributed by atoms with Crippen LogP contribution >= 0.6 is 0 Å². The van der Waals surface area contributed by atoms with Crippen LogP contribution in [0.5, 0.6) is 0 Å². The number of hydrogen-bond donors (Lipinski definition) is 3. The molecule has 0 aliphatic carbocycles. The summed E-state index contributed by atoms with van der Waals surface area (Å²) in [6.07, 6.45) is 0.194. The molecule has 2 atom stereocenters. The van der Waals surface area contributed by atoms with Gasteiger partial charge in [0.2, 0.25) is 0 Å². The predicted octanol–water partition coefficient (Wildman–Crippen LogP) is 1.27. The highest BCUT2D eigenvalue weighted by molar-refractivity contribution is 5.32. The molecule has 16 heavy (non-hydrogen) atoms. The van der Waals surface area contributed by atoms with E-state index in [9.17, 15) is 5.11 Å². The summed E-state index contributed by atoms with van der Waals surface area (Å²) >= 11 is 0. The van der Waals surface area contributed by atoms with Crippen molar-refractivity contribution < 1.29 is 5.11 Å². The van der Waals surface area contributed by atoms with Gasteiger partial charge in [-0.15, -0.1) is 0 Å². The van der Waals surface area contributed by atoms with Crippen LogP contribution in [0.4, 0.5) is 0 Å². The van der Waals surface area contributed by atoms with Crippen LogP contribution in [0.25, 0.3) is 0 Å². The minimum atomic E-state index is -0.575. The number of benzene rings is 1. The molecule has 1 aromatic rings. The fraction of sp³-hybridized carbons (Fsp3) is 0.538. The number of aliphatic hydroxyl groups excluding tert-OH is 1. The second kappa shape index (κ2) is 5.99. The Kier molecular flexibility index (Phi) is 4.93. The largest absolute Gasteiger partial charge is 0.387 e. The van der Waals surface area contributed by atoms with Crippen molar-refractivity contribution in [1.29, 1.82) is 0 Å². The van der Waals surface area contributed by atoms with Gasteiger partial charge in [-0.3, -0.25) is 0 Å². The first kappa shape index (κ1) is 13.2. The zero-order chi connectivity index (χ0) is 12.1. The van der Waals surface area contributed by atoms with Gasteiger partial charge in [0.05, 0.1) is 6.10 Å². The Morgan fingerprint density at radius 3 is 2.62 bits per heavy atom. The third-order valence-electron chi connectivity index (χ3n) is 2.88. The summed E-state index contributed by atoms with van der Waals surface area (Å²) in [6.45, 7) is 4.88. The van der Waals surface area contributed by atoms with Crippen LogP contribution in [-0.2, 0) is 0 Å². The fourth-order valence-corrected chi connectivity index (χ4v) is 1.86. The lowest BCUT2D eigenvalue weighted by atomic mass is 9.95. The normalized spacial score (nSPS) is 14.8. The Labute approximate surface area is 97.7 Å². The van der Waals surface area contributed by atoms with E-state index in [-0.39, 0.29) is 6.04 Å². The molecular formula is C13H22N2O. The maximum Gasteiger partial charge on any atom is 0.0943 e. The van der Waals surface area contributed by atoms with E-state index in [0.29, 0.717) is 0 Å². The number of nitrogens with two attached hydrogens (primary N) is 1. The van der Waals surface area contributed by atoms with Crippen molar-refractivity contribution in [3.63, 3.8) is 0 Å². The molecule has 0 saturated carbocycles. The summed E-state index contributed by atoms with van der Waals surface area (Å²) in [5.74, 6) is 0. The van der Waals surface area contributed by atoms with Crippen LogP contribution in [0.1, 0.15) is 29.2 Å². The fourth-order valence-electron chi connectivity index (χ4n) is 1.86. The van der Waals surface area contributed by atoms with Crippen LogP contribution in [0.3, 0.4) is 0 Å². The molecule has 0 fully saturated rings. The lowest BCUT2D eigenvalue weighted by Crippen LogP contribution is -2.31. The molecule has 2 unspecified atom stereocenters. The van der Waals surface area contributed by atoms with Gasteiger partial charge >= 0.3 is 0 Å². The number of rotatable bonds is 5. The minimum absolute atomic E-state index is 0.214. The number of aryl methyl sites for hydroxylation is 2. The van der Waals surface area contributed by atoms with Gasteiger partial charge in [-0.2, -0.15) is 0 Å². The Morgan fingerprint density at radius 2 is 2.06 bits per heavy atom. The van der Waals surface area contributed by atoms with E-state index in [0.717, 1.165) is 24.1 Å². The Hall–Kier alpha value is -0.900. The monoisotopic (exact) mass is 222 g/mol. The van der Waals surface area contributed by atoms with Gasteiger partial charge < -0.3 is 16.2 Å². The van der Waals surface area contributed by atoms with Crippen molar-refractivity contribution in [2.75, 3.05) is 13.6 Å². The number of hydrogen-bond acceptors (Lipinski definition) is 3. The zero-order valence-corrected chi connectivity index (χ0v) is 10.3. The van der Waals surface area contributed by atoms with Crippen LogP contribution in [0.2, 0.25) is 0 Å². The van der Waals surface area contributed by atoms with Crippen LogP contribution in [0.15, 0.2) is 18.2 Å². The molecule has 1 rings (SSSR count). The van der Waals surface area contributed by atoms with Crippen molar-refractivity contribution in [2.45, 2.75) is 32.4 Å². The molecule has 0 aliphatic heterocycles. The topological polar surface area (TPSA) is 58.3 Å². The molecular weight excluding hydrogens is 200 g/mol. The summed E-state index contributed by atoms with van der Waals surface area (Å²) in [7, 11) is 1.89. The van der Waals surface area contributed by atoms with Crippen molar-refractivity contribution >= 4 is 0 Å². The summed E-state index contributed by atoms with van der Waals surface area (Å²) in [4.78, 5) is 0. The number of nitrogens with one attached hydrogen (secondary N) is 1. The van der Waals surface area contributed by atoms with Gasteiger partial charge in [-0.1, -0.05) is 23.8 Å². The first-order chi connectivity index (χ1) is 7.56. The maximum absolute atomic E-state index is 10.1. The van der Waals surface area contributed by atoms with Crippen LogP contribution in [0, 0.1) is 13.8 Å². The maximum atomic E-state index is 10.1. The van der Waals surface area contributed by atoms with Gasteiger partial charge in [-0.25, -0.2) is 0 Å². The van der Waals surface area contributed by atoms with Gasteiger partial charge in [0.15, 0.2) is 0 Å². The average Bonchev–Trinajstić information content (AvgIpc) is 2.25. The molecule has 0 saturated heterocycles. The molecule has 4 N–H and O–H groups in total. The molecule has 0 aliphatic rings. The third kappa shape index (κ3) is 3.30. The molecule has 0 bridgehead atoms. The number of aliphatic hydroxyl groups is 1. The molecule has 90 valence electrons.